The number of fused-ring (bicyclic) bond motifs is 1. The van der Waals surface area contributed by atoms with Crippen molar-refractivity contribution < 1.29 is 9.32 Å². The monoisotopic (exact) mass is 304 g/mol. The molecule has 0 radical (unpaired) electrons. The average molecular weight is 304 g/mol. The van der Waals surface area contributed by atoms with Gasteiger partial charge in [0.25, 0.3) is 5.91 Å². The molecule has 0 saturated heterocycles. The fraction of sp³-hybridized carbons (Fsp3) is 0.500. The Morgan fingerprint density at radius 3 is 3.05 bits per heavy atom. The van der Waals surface area contributed by atoms with Gasteiger partial charge in [-0.25, -0.2) is 0 Å². The second-order valence-corrected chi connectivity index (χ2v) is 7.13. The third kappa shape index (κ3) is 3.02. The molecule has 0 N–H and O–H groups in total. The maximum Gasteiger partial charge on any atom is 0.264 e. The van der Waals surface area contributed by atoms with E-state index < -0.39 is 0 Å². The lowest BCUT2D eigenvalue weighted by molar-refractivity contribution is 0.0787. The number of hydrogen-bond donors (Lipinski definition) is 0. The second kappa shape index (κ2) is 5.64. The summed E-state index contributed by atoms with van der Waals surface area (Å²) < 4.78 is 5.04. The number of rotatable bonds is 3. The number of carbonyl (C=O) groups excluding carboxylic acids is 1. The van der Waals surface area contributed by atoms with Gasteiger partial charge in [0.15, 0.2) is 0 Å². The van der Waals surface area contributed by atoms with Gasteiger partial charge in [0, 0.05) is 18.0 Å². The van der Waals surface area contributed by atoms with Crippen LogP contribution in [-0.2, 0) is 19.4 Å². The lowest BCUT2D eigenvalue weighted by Crippen LogP contribution is -2.25. The summed E-state index contributed by atoms with van der Waals surface area (Å²) in [6, 6.07) is 3.95. The van der Waals surface area contributed by atoms with E-state index in [1.165, 1.54) is 16.9 Å². The summed E-state index contributed by atoms with van der Waals surface area (Å²) in [7, 11) is 1.81. The van der Waals surface area contributed by atoms with E-state index in [0.29, 0.717) is 6.54 Å². The maximum absolute atomic E-state index is 12.5. The molecule has 1 aliphatic carbocycles. The Balaban J connectivity index is 1.72. The first-order valence-corrected chi connectivity index (χ1v) is 8.14. The van der Waals surface area contributed by atoms with Gasteiger partial charge in [-0.05, 0) is 43.7 Å². The molecule has 0 spiro atoms. The zero-order valence-corrected chi connectivity index (χ0v) is 13.5. The van der Waals surface area contributed by atoms with Crippen LogP contribution in [0.3, 0.4) is 0 Å². The van der Waals surface area contributed by atoms with Crippen LogP contribution in [0.15, 0.2) is 16.7 Å². The van der Waals surface area contributed by atoms with E-state index in [9.17, 15) is 4.79 Å². The molecule has 3 rings (SSSR count). The van der Waals surface area contributed by atoms with Crippen LogP contribution in [0.4, 0.5) is 0 Å². The minimum atomic E-state index is 0.0720. The summed E-state index contributed by atoms with van der Waals surface area (Å²) >= 11 is 1.65. The Bertz CT molecular complexity index is 659. The smallest absolute Gasteiger partial charge is 0.264 e. The van der Waals surface area contributed by atoms with E-state index in [4.69, 9.17) is 4.52 Å². The standard InChI is InChI=1S/C16H20N2O2S/c1-10-4-5-14-12(6-10)8-15(21-14)16(19)18(3)9-13-7-11(2)20-17-13/h7-8,10H,4-6,9H2,1-3H3/t10-/m0/s1. The van der Waals surface area contributed by atoms with Gasteiger partial charge in [0.05, 0.1) is 11.4 Å². The summed E-state index contributed by atoms with van der Waals surface area (Å²) in [4.78, 5) is 16.5. The minimum absolute atomic E-state index is 0.0720. The molecule has 1 amide bonds. The molecule has 112 valence electrons. The van der Waals surface area contributed by atoms with Crippen LogP contribution in [0.1, 0.15) is 44.9 Å². The molecule has 1 atom stereocenters. The van der Waals surface area contributed by atoms with E-state index in [-0.39, 0.29) is 5.91 Å². The zero-order valence-electron chi connectivity index (χ0n) is 12.7. The third-order valence-corrected chi connectivity index (χ3v) is 5.19. The van der Waals surface area contributed by atoms with Crippen molar-refractivity contribution in [1.82, 2.24) is 10.1 Å². The van der Waals surface area contributed by atoms with E-state index in [1.54, 1.807) is 16.2 Å². The van der Waals surface area contributed by atoms with Crippen LogP contribution in [0.2, 0.25) is 0 Å². The molecule has 0 bridgehead atoms. The number of aromatic nitrogens is 1. The van der Waals surface area contributed by atoms with Crippen molar-refractivity contribution >= 4 is 17.2 Å². The van der Waals surface area contributed by atoms with E-state index in [2.05, 4.69) is 18.1 Å². The Labute approximate surface area is 128 Å². The zero-order chi connectivity index (χ0) is 15.0. The predicted molar refractivity (Wildman–Crippen MR) is 82.5 cm³/mol. The normalized spacial score (nSPS) is 17.6. The predicted octanol–water partition coefficient (Wildman–Crippen LogP) is 3.44. The largest absolute Gasteiger partial charge is 0.361 e. The van der Waals surface area contributed by atoms with Crippen LogP contribution in [-0.4, -0.2) is 23.0 Å². The summed E-state index contributed by atoms with van der Waals surface area (Å²) in [6.07, 6.45) is 3.45. The molecule has 2 aromatic heterocycles. The van der Waals surface area contributed by atoms with Crippen LogP contribution in [0, 0.1) is 12.8 Å². The molecule has 21 heavy (non-hydrogen) atoms. The van der Waals surface area contributed by atoms with E-state index in [0.717, 1.165) is 35.1 Å². The van der Waals surface area contributed by atoms with Gasteiger partial charge in [-0.15, -0.1) is 11.3 Å². The van der Waals surface area contributed by atoms with Gasteiger partial charge in [-0.3, -0.25) is 4.79 Å². The first kappa shape index (κ1) is 14.3. The number of amides is 1. The summed E-state index contributed by atoms with van der Waals surface area (Å²) in [6.45, 7) is 4.61. The maximum atomic E-state index is 12.5. The highest BCUT2D eigenvalue weighted by atomic mass is 32.1. The molecule has 0 unspecified atom stereocenters. The number of thiophene rings is 1. The van der Waals surface area contributed by atoms with E-state index in [1.807, 2.05) is 20.0 Å². The van der Waals surface area contributed by atoms with Crippen LogP contribution in [0.5, 0.6) is 0 Å². The van der Waals surface area contributed by atoms with Crippen molar-refractivity contribution in [3.63, 3.8) is 0 Å². The van der Waals surface area contributed by atoms with Crippen molar-refractivity contribution in [3.05, 3.63) is 38.9 Å². The second-order valence-electron chi connectivity index (χ2n) is 6.00. The Kier molecular flexibility index (Phi) is 3.85. The lowest BCUT2D eigenvalue weighted by Gasteiger charge is -2.16. The number of carbonyl (C=O) groups is 1. The molecule has 0 aromatic carbocycles. The quantitative estimate of drug-likeness (QED) is 0.872. The van der Waals surface area contributed by atoms with Gasteiger partial charge in [0.1, 0.15) is 11.5 Å². The summed E-state index contributed by atoms with van der Waals surface area (Å²) in [5.41, 5.74) is 2.16. The SMILES string of the molecule is Cc1cc(CN(C)C(=O)c2cc3c(s2)CC[C@H](C)C3)no1. The molecule has 5 heteroatoms. The first-order chi connectivity index (χ1) is 10.0. The Morgan fingerprint density at radius 2 is 2.33 bits per heavy atom. The van der Waals surface area contributed by atoms with E-state index >= 15 is 0 Å². The molecule has 0 aliphatic heterocycles. The highest BCUT2D eigenvalue weighted by molar-refractivity contribution is 7.14. The summed E-state index contributed by atoms with van der Waals surface area (Å²) in [5.74, 6) is 1.57. The minimum Gasteiger partial charge on any atom is -0.361 e. The average Bonchev–Trinajstić information content (AvgIpc) is 3.03. The van der Waals surface area contributed by atoms with Crippen LogP contribution in [0.25, 0.3) is 0 Å². The highest BCUT2D eigenvalue weighted by Crippen LogP contribution is 2.32. The molecular formula is C16H20N2O2S. The number of nitrogens with zero attached hydrogens (tertiary/aromatic N) is 2. The molecule has 1 aliphatic rings. The first-order valence-electron chi connectivity index (χ1n) is 7.32. The molecular weight excluding hydrogens is 284 g/mol. The molecule has 0 saturated carbocycles. The highest BCUT2D eigenvalue weighted by Gasteiger charge is 2.22. The topological polar surface area (TPSA) is 46.3 Å². The van der Waals surface area contributed by atoms with Crippen LogP contribution < -0.4 is 0 Å². The fourth-order valence-electron chi connectivity index (χ4n) is 2.81. The van der Waals surface area contributed by atoms with Gasteiger partial charge in [-0.1, -0.05) is 12.1 Å². The van der Waals surface area contributed by atoms with Crippen molar-refractivity contribution in [1.29, 1.82) is 0 Å². The van der Waals surface area contributed by atoms with Crippen LogP contribution >= 0.6 is 11.3 Å². The fourth-order valence-corrected chi connectivity index (χ4v) is 4.01. The van der Waals surface area contributed by atoms with Gasteiger partial charge in [0.2, 0.25) is 0 Å². The Morgan fingerprint density at radius 1 is 1.52 bits per heavy atom. The summed E-state index contributed by atoms with van der Waals surface area (Å²) in [5, 5.41) is 3.94. The number of aryl methyl sites for hydroxylation is 2. The van der Waals surface area contributed by atoms with Crippen molar-refractivity contribution in [2.24, 2.45) is 5.92 Å². The van der Waals surface area contributed by atoms with Gasteiger partial charge < -0.3 is 9.42 Å². The third-order valence-electron chi connectivity index (χ3n) is 3.96. The van der Waals surface area contributed by atoms with Crippen molar-refractivity contribution in [3.8, 4) is 0 Å². The van der Waals surface area contributed by atoms with Gasteiger partial charge >= 0.3 is 0 Å². The molecule has 0 fully saturated rings. The van der Waals surface area contributed by atoms with Crippen molar-refractivity contribution in [2.75, 3.05) is 7.05 Å². The Hall–Kier alpha value is -1.62. The molecule has 4 nitrogen and oxygen atoms in total. The van der Waals surface area contributed by atoms with Gasteiger partial charge in [-0.2, -0.15) is 0 Å². The molecule has 2 aromatic rings. The van der Waals surface area contributed by atoms with Crippen molar-refractivity contribution in [2.45, 2.75) is 39.7 Å². The lowest BCUT2D eigenvalue weighted by atomic mass is 9.90. The molecule has 2 heterocycles. The number of hydrogen-bond acceptors (Lipinski definition) is 4.